The van der Waals surface area contributed by atoms with Gasteiger partial charge in [0.1, 0.15) is 29.9 Å². The minimum Gasteiger partial charge on any atom is -0.508 e. The fourth-order valence-corrected chi connectivity index (χ4v) is 6.51. The second-order valence-electron chi connectivity index (χ2n) is 15.1. The van der Waals surface area contributed by atoms with Gasteiger partial charge >= 0.3 is 5.97 Å². The zero-order valence-electron chi connectivity index (χ0n) is 33.8. The average molecular weight is 803 g/mol. The Hall–Kier alpha value is -5.17. The molecule has 0 spiro atoms. The molecular weight excluding hydrogens is 736 g/mol. The average Bonchev–Trinajstić information content (AvgIpc) is 3.65. The maximum Gasteiger partial charge on any atom is 0.320 e. The van der Waals surface area contributed by atoms with Crippen LogP contribution in [0.1, 0.15) is 84.6 Å². The summed E-state index contributed by atoms with van der Waals surface area (Å²) in [5.41, 5.74) is 28.5. The fraction of sp³-hybridized carbons (Fsp3) is 0.658. The summed E-state index contributed by atoms with van der Waals surface area (Å²) in [4.78, 5) is 76.7. The van der Waals surface area contributed by atoms with Gasteiger partial charge in [-0.2, -0.15) is 0 Å². The molecule has 7 atom stereocenters. The largest absolute Gasteiger partial charge is 0.508 e. The Bertz CT molecular complexity index is 1520. The standard InChI is InChI=1S/C38H66N12O7/c1-5-23(4)30(21-46-29(36(56)57)19-22(2)3)49-33(53)28(20-24-12-14-25(51)15-13-24)48-34(54)31-11-8-18-50(31)35(55)27(10-7-17-45-38(42)43)47-32(52)26(39)9-6-16-44-37(40)41/h12-15,22-23,26-31,46,51H,5-11,16-21,39H2,1-4H3,(H,47,52)(H,48,54)(H,49,53)(H,56,57)(H4,40,41,44)(H4,42,43,45)/t23?,26-,27-,28-,29-,30+,31-/m0/s1. The minimum atomic E-state index is -1.09. The van der Waals surface area contributed by atoms with Crippen molar-refractivity contribution < 1.29 is 34.2 Å². The predicted molar refractivity (Wildman–Crippen MR) is 218 cm³/mol. The van der Waals surface area contributed by atoms with Crippen LogP contribution in [0.15, 0.2) is 34.3 Å². The van der Waals surface area contributed by atoms with Crippen molar-refractivity contribution in [1.29, 1.82) is 0 Å². The van der Waals surface area contributed by atoms with Gasteiger partial charge in [0, 0.05) is 38.6 Å². The highest BCUT2D eigenvalue weighted by Gasteiger charge is 2.39. The van der Waals surface area contributed by atoms with Crippen molar-refractivity contribution in [3.8, 4) is 5.75 Å². The third kappa shape index (κ3) is 17.2. The van der Waals surface area contributed by atoms with Gasteiger partial charge in [0.2, 0.25) is 23.6 Å². The van der Waals surface area contributed by atoms with Crippen LogP contribution < -0.4 is 49.9 Å². The lowest BCUT2D eigenvalue weighted by atomic mass is 9.96. The van der Waals surface area contributed by atoms with Crippen molar-refractivity contribution in [1.82, 2.24) is 26.2 Å². The molecule has 16 N–H and O–H groups in total. The highest BCUT2D eigenvalue weighted by Crippen LogP contribution is 2.21. The van der Waals surface area contributed by atoms with Crippen molar-refractivity contribution in [2.75, 3.05) is 26.2 Å². The number of phenolic OH excluding ortho intramolecular Hbond substituents is 1. The Kier molecular flexibility index (Phi) is 20.6. The lowest BCUT2D eigenvalue weighted by molar-refractivity contribution is -0.142. The number of amides is 4. The Balaban J connectivity index is 2.32. The second-order valence-corrected chi connectivity index (χ2v) is 15.1. The monoisotopic (exact) mass is 803 g/mol. The smallest absolute Gasteiger partial charge is 0.320 e. The number of carbonyl (C=O) groups is 5. The van der Waals surface area contributed by atoms with Crippen molar-refractivity contribution in [2.45, 2.75) is 122 Å². The molecular formula is C38H66N12O7. The van der Waals surface area contributed by atoms with E-state index in [0.29, 0.717) is 44.1 Å². The molecule has 1 fully saturated rings. The molecule has 1 saturated heterocycles. The van der Waals surface area contributed by atoms with Crippen molar-refractivity contribution in [3.05, 3.63) is 29.8 Å². The van der Waals surface area contributed by atoms with E-state index in [2.05, 4.69) is 31.3 Å². The summed E-state index contributed by atoms with van der Waals surface area (Å²) in [6.07, 6.45) is 3.15. The van der Waals surface area contributed by atoms with Gasteiger partial charge in [0.25, 0.3) is 0 Å². The first kappa shape index (κ1) is 48.0. The van der Waals surface area contributed by atoms with Crippen LogP contribution in [-0.2, 0) is 30.4 Å². The van der Waals surface area contributed by atoms with E-state index in [1.807, 2.05) is 27.7 Å². The number of phenols is 1. The number of aliphatic carboxylic acids is 1. The zero-order chi connectivity index (χ0) is 42.7. The maximum atomic E-state index is 14.1. The Morgan fingerprint density at radius 1 is 0.860 bits per heavy atom. The van der Waals surface area contributed by atoms with E-state index < -0.39 is 65.8 Å². The normalized spacial score (nSPS) is 17.0. The van der Waals surface area contributed by atoms with Crippen LogP contribution in [-0.4, -0.2) is 119 Å². The molecule has 1 aliphatic rings. The van der Waals surface area contributed by atoms with Gasteiger partial charge in [0.15, 0.2) is 11.9 Å². The van der Waals surface area contributed by atoms with Crippen LogP contribution in [0.2, 0.25) is 0 Å². The number of likely N-dealkylation sites (tertiary alicyclic amines) is 1. The number of carbonyl (C=O) groups excluding carboxylic acids is 4. The summed E-state index contributed by atoms with van der Waals surface area (Å²) in [5.74, 6) is -3.16. The van der Waals surface area contributed by atoms with E-state index in [0.717, 1.165) is 0 Å². The molecule has 0 bridgehead atoms. The molecule has 19 heteroatoms. The first-order valence-corrected chi connectivity index (χ1v) is 19.7. The Labute approximate surface area is 335 Å². The number of nitrogens with two attached hydrogens (primary N) is 5. The number of hydrogen-bond acceptors (Lipinski definition) is 10. The number of nitrogens with zero attached hydrogens (tertiary/aromatic N) is 3. The van der Waals surface area contributed by atoms with Gasteiger partial charge in [-0.1, -0.05) is 46.2 Å². The summed E-state index contributed by atoms with van der Waals surface area (Å²) < 4.78 is 0. The zero-order valence-corrected chi connectivity index (χ0v) is 33.8. The number of rotatable bonds is 25. The SMILES string of the molecule is CCC(C)[C@@H](CN[C@@H](CC(C)C)C(=O)O)NC(=O)[C@H](Cc1ccc(O)cc1)NC(=O)[C@@H]1CCCN1C(=O)[C@H](CCCN=C(N)N)NC(=O)[C@@H](N)CCCN=C(N)N. The summed E-state index contributed by atoms with van der Waals surface area (Å²) in [6.45, 7) is 8.68. The molecule has 0 saturated carbocycles. The lowest BCUT2D eigenvalue weighted by Gasteiger charge is -2.31. The molecule has 1 unspecified atom stereocenters. The van der Waals surface area contributed by atoms with Crippen LogP contribution >= 0.6 is 0 Å². The van der Waals surface area contributed by atoms with E-state index in [1.54, 1.807) is 12.1 Å². The van der Waals surface area contributed by atoms with Crippen LogP contribution in [0, 0.1) is 11.8 Å². The number of benzene rings is 1. The van der Waals surface area contributed by atoms with Gasteiger partial charge in [0.05, 0.1) is 6.04 Å². The molecule has 320 valence electrons. The minimum absolute atomic E-state index is 0.0352. The van der Waals surface area contributed by atoms with Gasteiger partial charge in [-0.15, -0.1) is 0 Å². The number of hydrogen-bond donors (Lipinski definition) is 11. The second kappa shape index (κ2) is 24.5. The number of aromatic hydroxyl groups is 1. The first-order chi connectivity index (χ1) is 26.9. The van der Waals surface area contributed by atoms with E-state index in [4.69, 9.17) is 28.7 Å². The first-order valence-electron chi connectivity index (χ1n) is 19.7. The van der Waals surface area contributed by atoms with Crippen LogP contribution in [0.5, 0.6) is 5.75 Å². The van der Waals surface area contributed by atoms with Crippen LogP contribution in [0.3, 0.4) is 0 Å². The predicted octanol–water partition coefficient (Wildman–Crippen LogP) is -1.05. The fourth-order valence-electron chi connectivity index (χ4n) is 6.51. The molecule has 2 rings (SSSR count). The Morgan fingerprint density at radius 3 is 2.04 bits per heavy atom. The molecule has 1 heterocycles. The molecule has 0 aromatic heterocycles. The van der Waals surface area contributed by atoms with Crippen molar-refractivity contribution in [2.24, 2.45) is 50.5 Å². The van der Waals surface area contributed by atoms with E-state index in [-0.39, 0.29) is 74.9 Å². The number of nitrogens with one attached hydrogen (secondary N) is 4. The molecule has 57 heavy (non-hydrogen) atoms. The van der Waals surface area contributed by atoms with Crippen molar-refractivity contribution in [3.63, 3.8) is 0 Å². The molecule has 0 radical (unpaired) electrons. The van der Waals surface area contributed by atoms with Crippen LogP contribution in [0.25, 0.3) is 0 Å². The molecule has 4 amide bonds. The summed E-state index contributed by atoms with van der Waals surface area (Å²) >= 11 is 0. The van der Waals surface area contributed by atoms with Gasteiger partial charge < -0.3 is 65.0 Å². The highest BCUT2D eigenvalue weighted by molar-refractivity contribution is 5.95. The maximum absolute atomic E-state index is 14.1. The third-order valence-electron chi connectivity index (χ3n) is 9.96. The number of aliphatic imine (C=N–C) groups is 2. The number of carboxylic acids is 1. The summed E-state index contributed by atoms with van der Waals surface area (Å²) in [5, 5.41) is 31.4. The highest BCUT2D eigenvalue weighted by atomic mass is 16.4. The molecule has 1 aliphatic heterocycles. The molecule has 1 aromatic carbocycles. The molecule has 19 nitrogen and oxygen atoms in total. The topological polar surface area (TPSA) is 332 Å². The van der Waals surface area contributed by atoms with Crippen molar-refractivity contribution >= 4 is 41.5 Å². The number of carboxylic acid groups (broad SMARTS) is 1. The van der Waals surface area contributed by atoms with Gasteiger partial charge in [-0.3, -0.25) is 34.0 Å². The number of guanidine groups is 2. The molecule has 1 aromatic rings. The lowest BCUT2D eigenvalue weighted by Crippen LogP contribution is -2.59. The summed E-state index contributed by atoms with van der Waals surface area (Å²) in [6, 6.07) is 0.928. The van der Waals surface area contributed by atoms with Crippen LogP contribution in [0.4, 0.5) is 0 Å². The Morgan fingerprint density at radius 2 is 1.47 bits per heavy atom. The van der Waals surface area contributed by atoms with E-state index in [9.17, 15) is 34.2 Å². The van der Waals surface area contributed by atoms with E-state index >= 15 is 0 Å². The van der Waals surface area contributed by atoms with Gasteiger partial charge in [-0.05, 0) is 74.5 Å². The van der Waals surface area contributed by atoms with E-state index in [1.165, 1.54) is 17.0 Å². The quantitative estimate of drug-likeness (QED) is 0.0320. The molecule has 0 aliphatic carbocycles. The third-order valence-corrected chi connectivity index (χ3v) is 9.96. The summed E-state index contributed by atoms with van der Waals surface area (Å²) in [7, 11) is 0. The van der Waals surface area contributed by atoms with Gasteiger partial charge in [-0.25, -0.2) is 0 Å².